The molecule has 1 N–H and O–H groups in total. The van der Waals surface area contributed by atoms with Gasteiger partial charge in [-0.05, 0) is 49.3 Å². The SMILES string of the molecule is OCc1ccc(C[C@@H]2CCN(C3CCCC3)C2)cc1. The first kappa shape index (κ1) is 13.1. The first-order chi connectivity index (χ1) is 9.35. The number of benzene rings is 1. The Kier molecular flexibility index (Phi) is 4.19. The maximum Gasteiger partial charge on any atom is 0.0681 e. The number of aliphatic hydroxyl groups excluding tert-OH is 1. The molecular formula is C17H25NO. The summed E-state index contributed by atoms with van der Waals surface area (Å²) in [5, 5.41) is 9.06. The van der Waals surface area contributed by atoms with Crippen molar-refractivity contribution in [2.45, 2.75) is 51.2 Å². The average Bonchev–Trinajstić information content (AvgIpc) is 3.10. The Hall–Kier alpha value is -0.860. The van der Waals surface area contributed by atoms with Crippen LogP contribution in [0.5, 0.6) is 0 Å². The number of nitrogens with zero attached hydrogens (tertiary/aromatic N) is 1. The lowest BCUT2D eigenvalue weighted by Gasteiger charge is -2.23. The molecule has 2 fully saturated rings. The summed E-state index contributed by atoms with van der Waals surface area (Å²) >= 11 is 0. The van der Waals surface area contributed by atoms with Crippen LogP contribution in [0.4, 0.5) is 0 Å². The lowest BCUT2D eigenvalue weighted by Crippen LogP contribution is -2.31. The molecule has 1 aliphatic heterocycles. The van der Waals surface area contributed by atoms with Crippen LogP contribution in [0.1, 0.15) is 43.2 Å². The number of rotatable bonds is 4. The predicted molar refractivity (Wildman–Crippen MR) is 78.0 cm³/mol. The lowest BCUT2D eigenvalue weighted by atomic mass is 9.98. The molecule has 0 unspecified atom stereocenters. The molecule has 0 aromatic heterocycles. The molecular weight excluding hydrogens is 234 g/mol. The molecule has 1 atom stereocenters. The van der Waals surface area contributed by atoms with Gasteiger partial charge in [-0.1, -0.05) is 37.1 Å². The number of aliphatic hydroxyl groups is 1. The standard InChI is InChI=1S/C17H25NO/c19-13-15-7-5-14(6-8-15)11-16-9-10-18(12-16)17-3-1-2-4-17/h5-8,16-17,19H,1-4,9-13H2/t16-/m0/s1. The molecule has 1 aromatic rings. The number of hydrogen-bond acceptors (Lipinski definition) is 2. The van der Waals surface area contributed by atoms with Crippen molar-refractivity contribution in [2.75, 3.05) is 13.1 Å². The molecule has 1 saturated carbocycles. The fraction of sp³-hybridized carbons (Fsp3) is 0.647. The van der Waals surface area contributed by atoms with E-state index >= 15 is 0 Å². The van der Waals surface area contributed by atoms with Gasteiger partial charge in [0.2, 0.25) is 0 Å². The minimum Gasteiger partial charge on any atom is -0.392 e. The molecule has 0 radical (unpaired) electrons. The third-order valence-electron chi connectivity index (χ3n) is 4.89. The Labute approximate surface area is 116 Å². The van der Waals surface area contributed by atoms with Gasteiger partial charge in [0.15, 0.2) is 0 Å². The number of hydrogen-bond donors (Lipinski definition) is 1. The Bertz CT molecular complexity index is 394. The minimum absolute atomic E-state index is 0.152. The van der Waals surface area contributed by atoms with Crippen molar-refractivity contribution in [3.63, 3.8) is 0 Å². The van der Waals surface area contributed by atoms with E-state index in [4.69, 9.17) is 5.11 Å². The maximum absolute atomic E-state index is 9.06. The van der Waals surface area contributed by atoms with Gasteiger partial charge in [0.25, 0.3) is 0 Å². The molecule has 1 aromatic carbocycles. The molecule has 1 heterocycles. The molecule has 0 bridgehead atoms. The average molecular weight is 259 g/mol. The topological polar surface area (TPSA) is 23.5 Å². The van der Waals surface area contributed by atoms with E-state index < -0.39 is 0 Å². The van der Waals surface area contributed by atoms with Crippen LogP contribution in [0, 0.1) is 5.92 Å². The van der Waals surface area contributed by atoms with E-state index in [-0.39, 0.29) is 6.61 Å². The predicted octanol–water partition coefficient (Wildman–Crippen LogP) is 2.99. The van der Waals surface area contributed by atoms with Gasteiger partial charge in [-0.3, -0.25) is 0 Å². The van der Waals surface area contributed by atoms with Crippen molar-refractivity contribution in [1.82, 2.24) is 4.90 Å². The van der Waals surface area contributed by atoms with E-state index in [1.807, 2.05) is 0 Å². The summed E-state index contributed by atoms with van der Waals surface area (Å²) in [6.07, 6.45) is 8.30. The highest BCUT2D eigenvalue weighted by molar-refractivity contribution is 5.22. The first-order valence-corrected chi connectivity index (χ1v) is 7.78. The highest BCUT2D eigenvalue weighted by Gasteiger charge is 2.29. The van der Waals surface area contributed by atoms with Crippen LogP contribution in [0.2, 0.25) is 0 Å². The van der Waals surface area contributed by atoms with E-state index in [2.05, 4.69) is 29.2 Å². The summed E-state index contributed by atoms with van der Waals surface area (Å²) in [4.78, 5) is 2.74. The van der Waals surface area contributed by atoms with Crippen molar-refractivity contribution >= 4 is 0 Å². The van der Waals surface area contributed by atoms with Gasteiger partial charge in [0.05, 0.1) is 6.61 Å². The van der Waals surface area contributed by atoms with E-state index in [0.717, 1.165) is 17.5 Å². The summed E-state index contributed by atoms with van der Waals surface area (Å²) < 4.78 is 0. The normalized spacial score (nSPS) is 25.2. The largest absolute Gasteiger partial charge is 0.392 e. The van der Waals surface area contributed by atoms with Crippen LogP contribution in [-0.2, 0) is 13.0 Å². The lowest BCUT2D eigenvalue weighted by molar-refractivity contribution is 0.237. The van der Waals surface area contributed by atoms with E-state index in [1.54, 1.807) is 0 Å². The van der Waals surface area contributed by atoms with E-state index in [1.165, 1.54) is 57.2 Å². The smallest absolute Gasteiger partial charge is 0.0681 e. The van der Waals surface area contributed by atoms with Crippen LogP contribution in [-0.4, -0.2) is 29.1 Å². The third kappa shape index (κ3) is 3.18. The van der Waals surface area contributed by atoms with Crippen molar-refractivity contribution in [3.05, 3.63) is 35.4 Å². The molecule has 0 spiro atoms. The molecule has 0 amide bonds. The second-order valence-electron chi connectivity index (χ2n) is 6.27. The summed E-state index contributed by atoms with van der Waals surface area (Å²) in [6, 6.07) is 9.37. The van der Waals surface area contributed by atoms with Gasteiger partial charge < -0.3 is 10.0 Å². The van der Waals surface area contributed by atoms with Gasteiger partial charge in [-0.15, -0.1) is 0 Å². The van der Waals surface area contributed by atoms with Gasteiger partial charge >= 0.3 is 0 Å². The quantitative estimate of drug-likeness (QED) is 0.898. The molecule has 2 aliphatic rings. The Morgan fingerprint density at radius 1 is 1.00 bits per heavy atom. The zero-order chi connectivity index (χ0) is 13.1. The molecule has 1 saturated heterocycles. The van der Waals surface area contributed by atoms with Crippen LogP contribution in [0.3, 0.4) is 0 Å². The van der Waals surface area contributed by atoms with Gasteiger partial charge in [0.1, 0.15) is 0 Å². The second kappa shape index (κ2) is 6.06. The molecule has 2 heteroatoms. The first-order valence-electron chi connectivity index (χ1n) is 7.78. The second-order valence-corrected chi connectivity index (χ2v) is 6.27. The molecule has 1 aliphatic carbocycles. The summed E-state index contributed by atoms with van der Waals surface area (Å²) in [6.45, 7) is 2.76. The Morgan fingerprint density at radius 3 is 2.37 bits per heavy atom. The molecule has 2 nitrogen and oxygen atoms in total. The fourth-order valence-corrected chi connectivity index (χ4v) is 3.74. The van der Waals surface area contributed by atoms with Gasteiger partial charge in [0, 0.05) is 12.6 Å². The molecule has 3 rings (SSSR count). The van der Waals surface area contributed by atoms with Crippen molar-refractivity contribution < 1.29 is 5.11 Å². The van der Waals surface area contributed by atoms with E-state index in [0.29, 0.717) is 0 Å². The van der Waals surface area contributed by atoms with Crippen LogP contribution < -0.4 is 0 Å². The van der Waals surface area contributed by atoms with Gasteiger partial charge in [-0.2, -0.15) is 0 Å². The van der Waals surface area contributed by atoms with E-state index in [9.17, 15) is 0 Å². The third-order valence-corrected chi connectivity index (χ3v) is 4.89. The molecule has 104 valence electrons. The van der Waals surface area contributed by atoms with Crippen molar-refractivity contribution in [1.29, 1.82) is 0 Å². The zero-order valence-corrected chi connectivity index (χ0v) is 11.7. The molecule has 19 heavy (non-hydrogen) atoms. The van der Waals surface area contributed by atoms with Crippen molar-refractivity contribution in [2.24, 2.45) is 5.92 Å². The highest BCUT2D eigenvalue weighted by atomic mass is 16.3. The van der Waals surface area contributed by atoms with Gasteiger partial charge in [-0.25, -0.2) is 0 Å². The minimum atomic E-state index is 0.152. The van der Waals surface area contributed by atoms with Crippen LogP contribution in [0.15, 0.2) is 24.3 Å². The Morgan fingerprint density at radius 2 is 1.68 bits per heavy atom. The highest BCUT2D eigenvalue weighted by Crippen LogP contribution is 2.29. The zero-order valence-electron chi connectivity index (χ0n) is 11.7. The maximum atomic E-state index is 9.06. The van der Waals surface area contributed by atoms with Crippen LogP contribution in [0.25, 0.3) is 0 Å². The van der Waals surface area contributed by atoms with Crippen LogP contribution >= 0.6 is 0 Å². The summed E-state index contributed by atoms with van der Waals surface area (Å²) in [5.41, 5.74) is 2.44. The monoisotopic (exact) mass is 259 g/mol. The number of likely N-dealkylation sites (tertiary alicyclic amines) is 1. The fourth-order valence-electron chi connectivity index (χ4n) is 3.74. The summed E-state index contributed by atoms with van der Waals surface area (Å²) in [5.74, 6) is 0.834. The Balaban J connectivity index is 1.53. The summed E-state index contributed by atoms with van der Waals surface area (Å²) in [7, 11) is 0. The van der Waals surface area contributed by atoms with Crippen molar-refractivity contribution in [3.8, 4) is 0 Å².